The summed E-state index contributed by atoms with van der Waals surface area (Å²) in [4.78, 5) is 40.9. The number of nitrogens with zero attached hydrogens (tertiary/aromatic N) is 4. The number of fused-ring (bicyclic) bond motifs is 7. The summed E-state index contributed by atoms with van der Waals surface area (Å²) >= 11 is 0. The van der Waals surface area contributed by atoms with Gasteiger partial charge in [-0.25, -0.2) is 0 Å². The van der Waals surface area contributed by atoms with Gasteiger partial charge in [0.05, 0.1) is 61.0 Å². The van der Waals surface area contributed by atoms with E-state index in [2.05, 4.69) is 31.7 Å². The first-order valence-corrected chi connectivity index (χ1v) is 18.7. The van der Waals surface area contributed by atoms with E-state index in [1.807, 2.05) is 40.4 Å². The average Bonchev–Trinajstić information content (AvgIpc) is 3.41. The van der Waals surface area contributed by atoms with Crippen LogP contribution in [0, 0.1) is 6.92 Å². The molecule has 0 saturated carbocycles. The molecule has 1 saturated heterocycles. The summed E-state index contributed by atoms with van der Waals surface area (Å²) in [6.45, 7) is 9.05. The van der Waals surface area contributed by atoms with E-state index in [0.717, 1.165) is 56.9 Å². The number of hydrogen-bond donors (Lipinski definition) is 0. The molecule has 3 aromatic carbocycles. The van der Waals surface area contributed by atoms with Gasteiger partial charge in [0.15, 0.2) is 23.0 Å². The smallest absolute Gasteiger partial charge is 0.257 e. The van der Waals surface area contributed by atoms with Crippen LogP contribution in [0.1, 0.15) is 88.8 Å². The number of ether oxygens (including phenoxy) is 4. The highest BCUT2D eigenvalue weighted by molar-refractivity contribution is 6.04. The lowest BCUT2D eigenvalue weighted by atomic mass is 9.93. The van der Waals surface area contributed by atoms with E-state index >= 15 is 0 Å². The first-order valence-electron chi connectivity index (χ1n) is 18.7. The summed E-state index contributed by atoms with van der Waals surface area (Å²) in [5, 5.41) is 0. The lowest BCUT2D eigenvalue weighted by Crippen LogP contribution is -2.44. The molecule has 0 radical (unpaired) electrons. The molecular formula is C42H46N4O6. The van der Waals surface area contributed by atoms with Gasteiger partial charge < -0.3 is 28.7 Å². The van der Waals surface area contributed by atoms with Crippen molar-refractivity contribution in [2.45, 2.75) is 83.3 Å². The van der Waals surface area contributed by atoms with E-state index in [0.29, 0.717) is 91.4 Å². The first-order chi connectivity index (χ1) is 25.4. The molecule has 0 unspecified atom stereocenters. The van der Waals surface area contributed by atoms with Crippen LogP contribution in [0.25, 0.3) is 0 Å². The van der Waals surface area contributed by atoms with Gasteiger partial charge in [-0.1, -0.05) is 61.6 Å². The van der Waals surface area contributed by atoms with Crippen molar-refractivity contribution in [2.24, 2.45) is 9.98 Å². The van der Waals surface area contributed by atoms with E-state index in [9.17, 15) is 9.59 Å². The minimum atomic E-state index is -0.115. The van der Waals surface area contributed by atoms with Gasteiger partial charge >= 0.3 is 0 Å². The van der Waals surface area contributed by atoms with Crippen LogP contribution in [-0.2, 0) is 13.0 Å². The van der Waals surface area contributed by atoms with Gasteiger partial charge in [-0.2, -0.15) is 0 Å². The predicted molar refractivity (Wildman–Crippen MR) is 201 cm³/mol. The maximum absolute atomic E-state index is 14.1. The lowest BCUT2D eigenvalue weighted by molar-refractivity contribution is 0.0702. The SMILES string of the molecule is C=C1C[C@H]2C=Nc3cc4c(cc3C(=O)N2C1)OCCCCCCCCOc1cc2c(cc1OCCCO4)N=C[C@@H]1Cc3ccc(C)cc3CN1C2=O. The number of carbonyl (C=O) groups excluding carboxylic acids is 2. The van der Waals surface area contributed by atoms with Gasteiger partial charge in [-0.15, -0.1) is 0 Å². The fraction of sp³-hybridized carbons (Fsp3) is 0.429. The number of carbonyl (C=O) groups is 2. The van der Waals surface area contributed by atoms with Gasteiger partial charge in [0.2, 0.25) is 0 Å². The van der Waals surface area contributed by atoms with E-state index in [-0.39, 0.29) is 23.9 Å². The fourth-order valence-electron chi connectivity index (χ4n) is 7.72. The fourth-order valence-corrected chi connectivity index (χ4v) is 7.72. The molecule has 270 valence electrons. The number of hydrogen-bond acceptors (Lipinski definition) is 8. The normalized spacial score (nSPS) is 22.1. The molecule has 0 spiro atoms. The summed E-state index contributed by atoms with van der Waals surface area (Å²) in [5.74, 6) is 2.12. The van der Waals surface area contributed by atoms with Crippen LogP contribution in [0.2, 0.25) is 0 Å². The molecular weight excluding hydrogens is 656 g/mol. The zero-order valence-electron chi connectivity index (χ0n) is 29.9. The third-order valence-corrected chi connectivity index (χ3v) is 10.6. The second kappa shape index (κ2) is 14.9. The Balaban J connectivity index is 1.01. The van der Waals surface area contributed by atoms with Crippen molar-refractivity contribution in [3.05, 3.63) is 82.4 Å². The molecule has 1 fully saturated rings. The van der Waals surface area contributed by atoms with Crippen molar-refractivity contribution >= 4 is 35.6 Å². The van der Waals surface area contributed by atoms with Gasteiger partial charge in [0, 0.05) is 44.1 Å². The maximum Gasteiger partial charge on any atom is 0.257 e. The molecule has 0 aromatic heterocycles. The molecule has 52 heavy (non-hydrogen) atoms. The average molecular weight is 703 g/mol. The molecule has 10 nitrogen and oxygen atoms in total. The largest absolute Gasteiger partial charge is 0.490 e. The molecule has 2 amide bonds. The van der Waals surface area contributed by atoms with Crippen molar-refractivity contribution in [1.29, 1.82) is 0 Å². The number of rotatable bonds is 0. The molecule has 8 rings (SSSR count). The van der Waals surface area contributed by atoms with E-state index in [4.69, 9.17) is 28.9 Å². The van der Waals surface area contributed by atoms with Crippen molar-refractivity contribution in [1.82, 2.24) is 9.80 Å². The Labute approximate surface area is 305 Å². The second-order valence-corrected chi connectivity index (χ2v) is 14.5. The Morgan fingerprint density at radius 2 is 1.10 bits per heavy atom. The van der Waals surface area contributed by atoms with Crippen LogP contribution >= 0.6 is 0 Å². The van der Waals surface area contributed by atoms with Gasteiger partial charge in [-0.05, 0) is 55.9 Å². The van der Waals surface area contributed by atoms with E-state index in [1.54, 1.807) is 6.07 Å². The highest BCUT2D eigenvalue weighted by Crippen LogP contribution is 2.41. The minimum Gasteiger partial charge on any atom is -0.490 e. The Morgan fingerprint density at radius 3 is 1.69 bits per heavy atom. The quantitative estimate of drug-likeness (QED) is 0.222. The van der Waals surface area contributed by atoms with Crippen LogP contribution in [0.5, 0.6) is 23.0 Å². The molecule has 0 bridgehead atoms. The second-order valence-electron chi connectivity index (χ2n) is 14.5. The van der Waals surface area contributed by atoms with Crippen LogP contribution in [-0.4, -0.2) is 79.1 Å². The molecule has 0 aliphatic carbocycles. The third-order valence-electron chi connectivity index (χ3n) is 10.6. The molecule has 5 heterocycles. The standard InChI is InChI=1S/C42H46N4O6/c1-27-10-11-29-18-32-24-44-36-22-40-38(20-34(36)42(48)46(32)26-30(29)16-27)50-13-8-6-4-3-5-7-12-49-37-19-33-35(21-39(37)51-14-9-15-52-40)43-23-31-17-28(2)25-45(31)41(33)47/h10-11,16,19-24,31-32H,2-9,12-15,17-18,25-26H2,1H3/t31-,32-/m0/s1. The number of amides is 2. The van der Waals surface area contributed by atoms with Crippen LogP contribution in [0.4, 0.5) is 11.4 Å². The Morgan fingerprint density at radius 1 is 0.596 bits per heavy atom. The van der Waals surface area contributed by atoms with E-state index < -0.39 is 0 Å². The number of aryl methyl sites for hydroxylation is 1. The lowest BCUT2D eigenvalue weighted by Gasteiger charge is -2.34. The van der Waals surface area contributed by atoms with Gasteiger partial charge in [0.25, 0.3) is 11.8 Å². The summed E-state index contributed by atoms with van der Waals surface area (Å²) in [7, 11) is 0. The zero-order valence-corrected chi connectivity index (χ0v) is 29.9. The summed E-state index contributed by atoms with van der Waals surface area (Å²) in [6.07, 6.45) is 11.8. The topological polar surface area (TPSA) is 102 Å². The van der Waals surface area contributed by atoms with Crippen molar-refractivity contribution in [3.8, 4) is 23.0 Å². The van der Waals surface area contributed by atoms with Gasteiger partial charge in [-0.3, -0.25) is 19.6 Å². The predicted octanol–water partition coefficient (Wildman–Crippen LogP) is 7.72. The van der Waals surface area contributed by atoms with E-state index in [1.165, 1.54) is 16.7 Å². The maximum atomic E-state index is 14.1. The first kappa shape index (κ1) is 34.0. The van der Waals surface area contributed by atoms with Crippen molar-refractivity contribution in [3.63, 3.8) is 0 Å². The molecule has 5 aliphatic rings. The van der Waals surface area contributed by atoms with Crippen LogP contribution in [0.15, 0.2) is 64.6 Å². The van der Waals surface area contributed by atoms with Crippen molar-refractivity contribution in [2.75, 3.05) is 33.0 Å². The number of benzene rings is 3. The highest BCUT2D eigenvalue weighted by Gasteiger charge is 2.35. The molecule has 3 aromatic rings. The minimum absolute atomic E-state index is 0.0457. The Hall–Kier alpha value is -5.12. The summed E-state index contributed by atoms with van der Waals surface area (Å²) < 4.78 is 25.2. The molecule has 0 N–H and O–H groups in total. The molecule has 2 atom stereocenters. The molecule has 10 heteroatoms. The Bertz CT molecular complexity index is 1950. The number of aliphatic imine (C=N–C) groups is 2. The zero-order chi connectivity index (χ0) is 35.6. The Kier molecular flexibility index (Phi) is 9.71. The third kappa shape index (κ3) is 7.03. The van der Waals surface area contributed by atoms with Gasteiger partial charge in [0.1, 0.15) is 0 Å². The van der Waals surface area contributed by atoms with Crippen LogP contribution in [0.3, 0.4) is 0 Å². The summed E-state index contributed by atoms with van der Waals surface area (Å²) in [6, 6.07) is 13.5. The highest BCUT2D eigenvalue weighted by atomic mass is 16.5. The molecule has 5 aliphatic heterocycles. The van der Waals surface area contributed by atoms with Crippen LogP contribution < -0.4 is 18.9 Å². The monoisotopic (exact) mass is 702 g/mol. The summed E-state index contributed by atoms with van der Waals surface area (Å²) in [5.41, 5.74) is 6.89. The van der Waals surface area contributed by atoms with Crippen molar-refractivity contribution < 1.29 is 28.5 Å².